The van der Waals surface area contributed by atoms with Gasteiger partial charge in [0.1, 0.15) is 6.04 Å². The molecule has 1 fully saturated rings. The molecule has 0 radical (unpaired) electrons. The molecule has 4 nitrogen and oxygen atoms in total. The Kier molecular flexibility index (Phi) is 2.67. The van der Waals surface area contributed by atoms with E-state index in [0.717, 1.165) is 38.6 Å². The van der Waals surface area contributed by atoms with Crippen molar-refractivity contribution in [2.75, 3.05) is 6.54 Å². The van der Waals surface area contributed by atoms with Crippen LogP contribution in [0.4, 0.5) is 0 Å². The maximum absolute atomic E-state index is 11.9. The van der Waals surface area contributed by atoms with Crippen LogP contribution in [-0.2, 0) is 11.2 Å². The van der Waals surface area contributed by atoms with E-state index in [0.29, 0.717) is 0 Å². The van der Waals surface area contributed by atoms with Crippen LogP contribution in [0.2, 0.25) is 0 Å². The lowest BCUT2D eigenvalue weighted by Crippen LogP contribution is -2.38. The summed E-state index contributed by atoms with van der Waals surface area (Å²) >= 11 is 0. The Morgan fingerprint density at radius 3 is 3.06 bits per heavy atom. The van der Waals surface area contributed by atoms with Crippen LogP contribution in [0.25, 0.3) is 0 Å². The van der Waals surface area contributed by atoms with E-state index >= 15 is 0 Å². The number of piperidine rings is 1. The van der Waals surface area contributed by atoms with Crippen molar-refractivity contribution < 1.29 is 4.79 Å². The van der Waals surface area contributed by atoms with Gasteiger partial charge in [0.15, 0.2) is 0 Å². The Hall–Kier alpha value is -1.29. The normalized spacial score (nSPS) is 28.6. The van der Waals surface area contributed by atoms with Crippen molar-refractivity contribution >= 4 is 5.91 Å². The van der Waals surface area contributed by atoms with Crippen molar-refractivity contribution in [3.05, 3.63) is 23.5 Å². The molecule has 0 spiro atoms. The molecular weight excluding hydrogens is 214 g/mol. The first-order valence-corrected chi connectivity index (χ1v) is 6.50. The highest BCUT2D eigenvalue weighted by Gasteiger charge is 2.28. The Morgan fingerprint density at radius 2 is 2.24 bits per heavy atom. The van der Waals surface area contributed by atoms with Crippen molar-refractivity contribution in [1.82, 2.24) is 9.88 Å². The number of carbonyl (C=O) groups excluding carboxylic acids is 1. The number of carbonyl (C=O) groups is 1. The number of amides is 1. The predicted molar refractivity (Wildman–Crippen MR) is 65.6 cm³/mol. The van der Waals surface area contributed by atoms with E-state index in [2.05, 4.69) is 16.0 Å². The lowest BCUT2D eigenvalue weighted by molar-refractivity contribution is -0.125. The van der Waals surface area contributed by atoms with Crippen LogP contribution in [-0.4, -0.2) is 17.0 Å². The number of fused-ring (bicyclic) bond motifs is 1. The fraction of sp³-hybridized carbons (Fsp3) is 0.615. The minimum absolute atomic E-state index is 0.0159. The molecule has 0 bridgehead atoms. The van der Waals surface area contributed by atoms with E-state index in [1.807, 2.05) is 6.20 Å². The molecule has 0 saturated carbocycles. The Morgan fingerprint density at radius 1 is 1.35 bits per heavy atom. The van der Waals surface area contributed by atoms with Crippen molar-refractivity contribution in [1.29, 1.82) is 0 Å². The van der Waals surface area contributed by atoms with Crippen molar-refractivity contribution in [2.45, 2.75) is 44.2 Å². The number of aromatic nitrogens is 1. The molecule has 1 aliphatic heterocycles. The molecule has 3 rings (SSSR count). The molecule has 1 aromatic heterocycles. The maximum atomic E-state index is 11.9. The summed E-state index contributed by atoms with van der Waals surface area (Å²) in [6, 6.07) is 2.24. The van der Waals surface area contributed by atoms with Gasteiger partial charge in [-0.2, -0.15) is 0 Å². The summed E-state index contributed by atoms with van der Waals surface area (Å²) in [6.45, 7) is 0.818. The average molecular weight is 233 g/mol. The minimum atomic E-state index is -0.0159. The lowest BCUT2D eigenvalue weighted by Gasteiger charge is -2.27. The van der Waals surface area contributed by atoms with Gasteiger partial charge >= 0.3 is 0 Å². The van der Waals surface area contributed by atoms with Gasteiger partial charge < -0.3 is 15.6 Å². The average Bonchev–Trinajstić information content (AvgIpc) is 2.75. The van der Waals surface area contributed by atoms with E-state index < -0.39 is 0 Å². The number of hydrogen-bond acceptors (Lipinski definition) is 2. The monoisotopic (exact) mass is 233 g/mol. The molecule has 2 aliphatic rings. The van der Waals surface area contributed by atoms with Crippen LogP contribution in [0.1, 0.15) is 49.0 Å². The molecule has 1 saturated heterocycles. The second-order valence-electron chi connectivity index (χ2n) is 5.07. The quantitative estimate of drug-likeness (QED) is 0.767. The highest BCUT2D eigenvalue weighted by atomic mass is 16.2. The molecular formula is C13H19N3O. The molecule has 17 heavy (non-hydrogen) atoms. The third-order valence-corrected chi connectivity index (χ3v) is 3.98. The Balaban J connectivity index is 1.95. The Bertz CT molecular complexity index is 438. The van der Waals surface area contributed by atoms with Gasteiger partial charge in [-0.05, 0) is 43.7 Å². The fourth-order valence-electron chi connectivity index (χ4n) is 3.07. The van der Waals surface area contributed by atoms with Gasteiger partial charge in [-0.1, -0.05) is 0 Å². The highest BCUT2D eigenvalue weighted by molar-refractivity contribution is 5.81. The van der Waals surface area contributed by atoms with Gasteiger partial charge in [-0.3, -0.25) is 4.79 Å². The molecule has 4 heteroatoms. The van der Waals surface area contributed by atoms with E-state index in [1.54, 1.807) is 0 Å². The molecule has 1 amide bonds. The van der Waals surface area contributed by atoms with Crippen LogP contribution in [0.3, 0.4) is 0 Å². The SMILES string of the molecule is NC1CCCc2c1ccn2C1CCCNC1=O. The zero-order valence-corrected chi connectivity index (χ0v) is 9.98. The second-order valence-corrected chi connectivity index (χ2v) is 5.07. The van der Waals surface area contributed by atoms with Crippen LogP contribution < -0.4 is 11.1 Å². The molecule has 92 valence electrons. The molecule has 3 N–H and O–H groups in total. The highest BCUT2D eigenvalue weighted by Crippen LogP contribution is 2.32. The first kappa shape index (κ1) is 10.8. The zero-order chi connectivity index (χ0) is 11.8. The summed E-state index contributed by atoms with van der Waals surface area (Å²) in [7, 11) is 0. The zero-order valence-electron chi connectivity index (χ0n) is 9.98. The summed E-state index contributed by atoms with van der Waals surface area (Å²) in [6.07, 6.45) is 7.31. The number of nitrogens with two attached hydrogens (primary N) is 1. The van der Waals surface area contributed by atoms with Gasteiger partial charge in [0.2, 0.25) is 5.91 Å². The van der Waals surface area contributed by atoms with Gasteiger partial charge in [-0.15, -0.1) is 0 Å². The fourth-order valence-corrected chi connectivity index (χ4v) is 3.07. The van der Waals surface area contributed by atoms with Crippen LogP contribution >= 0.6 is 0 Å². The smallest absolute Gasteiger partial charge is 0.243 e. The predicted octanol–water partition coefficient (Wildman–Crippen LogP) is 1.28. The van der Waals surface area contributed by atoms with Gasteiger partial charge in [0, 0.05) is 24.5 Å². The summed E-state index contributed by atoms with van der Waals surface area (Å²) in [4.78, 5) is 11.9. The van der Waals surface area contributed by atoms with Crippen molar-refractivity contribution in [3.63, 3.8) is 0 Å². The topological polar surface area (TPSA) is 60.0 Å². The van der Waals surface area contributed by atoms with Crippen LogP contribution in [0.15, 0.2) is 12.3 Å². The third-order valence-electron chi connectivity index (χ3n) is 3.98. The van der Waals surface area contributed by atoms with Gasteiger partial charge in [-0.25, -0.2) is 0 Å². The molecule has 1 aromatic rings. The third kappa shape index (κ3) is 1.76. The molecule has 2 heterocycles. The summed E-state index contributed by atoms with van der Waals surface area (Å²) in [5.74, 6) is 0.161. The largest absolute Gasteiger partial charge is 0.354 e. The minimum Gasteiger partial charge on any atom is -0.354 e. The molecule has 2 unspecified atom stereocenters. The number of rotatable bonds is 1. The summed E-state index contributed by atoms with van der Waals surface area (Å²) < 4.78 is 2.16. The molecule has 1 aliphatic carbocycles. The first-order chi connectivity index (χ1) is 8.27. The number of nitrogens with zero attached hydrogens (tertiary/aromatic N) is 1. The van der Waals surface area contributed by atoms with E-state index in [4.69, 9.17) is 5.73 Å². The number of hydrogen-bond donors (Lipinski definition) is 2. The Labute approximate surface area is 101 Å². The summed E-state index contributed by atoms with van der Waals surface area (Å²) in [5.41, 5.74) is 8.64. The van der Waals surface area contributed by atoms with E-state index in [1.165, 1.54) is 11.3 Å². The standard InChI is InChI=1S/C13H19N3O/c14-10-3-1-4-11-9(10)6-8-16(11)12-5-2-7-15-13(12)17/h6,8,10,12H,1-5,7,14H2,(H,15,17). The second kappa shape index (κ2) is 4.18. The van der Waals surface area contributed by atoms with Gasteiger partial charge in [0.25, 0.3) is 0 Å². The van der Waals surface area contributed by atoms with Crippen LogP contribution in [0, 0.1) is 0 Å². The van der Waals surface area contributed by atoms with Crippen molar-refractivity contribution in [2.24, 2.45) is 5.73 Å². The van der Waals surface area contributed by atoms with Crippen LogP contribution in [0.5, 0.6) is 0 Å². The lowest BCUT2D eigenvalue weighted by atomic mass is 9.93. The summed E-state index contributed by atoms with van der Waals surface area (Å²) in [5, 5.41) is 2.95. The maximum Gasteiger partial charge on any atom is 0.243 e. The van der Waals surface area contributed by atoms with Crippen molar-refractivity contribution in [3.8, 4) is 0 Å². The first-order valence-electron chi connectivity index (χ1n) is 6.50. The number of nitrogens with one attached hydrogen (secondary N) is 1. The van der Waals surface area contributed by atoms with Gasteiger partial charge in [0.05, 0.1) is 0 Å². The van der Waals surface area contributed by atoms with E-state index in [9.17, 15) is 4.79 Å². The van der Waals surface area contributed by atoms with E-state index in [-0.39, 0.29) is 18.0 Å². The molecule has 2 atom stereocenters. The molecule has 0 aromatic carbocycles.